The zero-order chi connectivity index (χ0) is 17.0. The third kappa shape index (κ3) is 3.03. The van der Waals surface area contributed by atoms with Gasteiger partial charge in [-0.2, -0.15) is 10.4 Å². The van der Waals surface area contributed by atoms with Gasteiger partial charge < -0.3 is 19.5 Å². The van der Waals surface area contributed by atoms with Crippen molar-refractivity contribution in [3.05, 3.63) is 29.5 Å². The molecule has 8 nitrogen and oxygen atoms in total. The summed E-state index contributed by atoms with van der Waals surface area (Å²) in [4.78, 5) is 12.5. The molecule has 0 bridgehead atoms. The summed E-state index contributed by atoms with van der Waals surface area (Å²) in [5.74, 6) is 1.01. The van der Waals surface area contributed by atoms with Gasteiger partial charge in [0.1, 0.15) is 17.5 Å². The lowest BCUT2D eigenvalue weighted by atomic mass is 10.1. The van der Waals surface area contributed by atoms with Gasteiger partial charge in [0.25, 0.3) is 5.91 Å². The summed E-state index contributed by atoms with van der Waals surface area (Å²) in [6.07, 6.45) is 1.38. The fraction of sp³-hybridized carbons (Fsp3) is 0.267. The van der Waals surface area contributed by atoms with Crippen LogP contribution in [0.2, 0.25) is 0 Å². The lowest BCUT2D eigenvalue weighted by Gasteiger charge is -2.14. The molecule has 1 heterocycles. The molecule has 2 rings (SSSR count). The van der Waals surface area contributed by atoms with Gasteiger partial charge in [0.2, 0.25) is 5.75 Å². The van der Waals surface area contributed by atoms with E-state index in [-0.39, 0.29) is 5.56 Å². The third-order valence-corrected chi connectivity index (χ3v) is 3.22. The monoisotopic (exact) mass is 316 g/mol. The van der Waals surface area contributed by atoms with Crippen molar-refractivity contribution in [1.29, 1.82) is 5.26 Å². The minimum absolute atomic E-state index is 0.272. The Bertz CT molecular complexity index is 751. The zero-order valence-corrected chi connectivity index (χ0v) is 13.2. The summed E-state index contributed by atoms with van der Waals surface area (Å²) in [6, 6.07) is 5.02. The second-order valence-corrected chi connectivity index (χ2v) is 4.51. The summed E-state index contributed by atoms with van der Waals surface area (Å²) in [5.41, 5.74) is 0.567. The molecule has 1 N–H and O–H groups in total. The van der Waals surface area contributed by atoms with Crippen LogP contribution in [0.15, 0.2) is 18.3 Å². The van der Waals surface area contributed by atoms with Crippen molar-refractivity contribution in [2.45, 2.75) is 0 Å². The van der Waals surface area contributed by atoms with Gasteiger partial charge in [0.15, 0.2) is 11.5 Å². The Hall–Kier alpha value is -3.21. The van der Waals surface area contributed by atoms with Crippen molar-refractivity contribution in [2.24, 2.45) is 7.05 Å². The maximum Gasteiger partial charge on any atom is 0.257 e. The van der Waals surface area contributed by atoms with E-state index >= 15 is 0 Å². The molecule has 0 radical (unpaired) electrons. The number of anilines is 1. The lowest BCUT2D eigenvalue weighted by molar-refractivity contribution is 0.102. The average molecular weight is 316 g/mol. The molecule has 1 aromatic carbocycles. The third-order valence-electron chi connectivity index (χ3n) is 3.22. The number of hydrogen-bond donors (Lipinski definition) is 1. The minimum Gasteiger partial charge on any atom is -0.493 e. The Morgan fingerprint density at radius 3 is 2.30 bits per heavy atom. The highest BCUT2D eigenvalue weighted by molar-refractivity contribution is 6.05. The van der Waals surface area contributed by atoms with Gasteiger partial charge in [0, 0.05) is 12.6 Å². The highest BCUT2D eigenvalue weighted by Crippen LogP contribution is 2.38. The Kier molecular flexibility index (Phi) is 4.71. The number of benzene rings is 1. The van der Waals surface area contributed by atoms with Crippen LogP contribution in [0, 0.1) is 11.3 Å². The predicted octanol–water partition coefficient (Wildman–Crippen LogP) is 1.57. The highest BCUT2D eigenvalue weighted by Gasteiger charge is 2.19. The maximum atomic E-state index is 12.5. The Morgan fingerprint density at radius 2 is 1.83 bits per heavy atom. The smallest absolute Gasteiger partial charge is 0.257 e. The first-order valence-electron chi connectivity index (χ1n) is 6.59. The first-order valence-corrected chi connectivity index (χ1v) is 6.59. The number of hydrogen-bond acceptors (Lipinski definition) is 6. The second-order valence-electron chi connectivity index (χ2n) is 4.51. The van der Waals surface area contributed by atoms with E-state index < -0.39 is 5.91 Å². The van der Waals surface area contributed by atoms with Crippen LogP contribution in [0.5, 0.6) is 17.2 Å². The van der Waals surface area contributed by atoms with Crippen molar-refractivity contribution < 1.29 is 19.0 Å². The van der Waals surface area contributed by atoms with Crippen molar-refractivity contribution in [3.63, 3.8) is 0 Å². The number of amides is 1. The number of methoxy groups -OCH3 is 3. The van der Waals surface area contributed by atoms with Crippen LogP contribution in [0.1, 0.15) is 15.9 Å². The molecule has 0 unspecified atom stereocenters. The summed E-state index contributed by atoms with van der Waals surface area (Å²) in [6.45, 7) is 0. The summed E-state index contributed by atoms with van der Waals surface area (Å²) in [5, 5.41) is 15.6. The second kappa shape index (κ2) is 6.70. The Balaban J connectivity index is 2.40. The van der Waals surface area contributed by atoms with Crippen molar-refractivity contribution in [3.8, 4) is 23.3 Å². The topological polar surface area (TPSA) is 98.4 Å². The standard InChI is InChI=1S/C15H16N4O4/c1-19-14(10(7-16)8-17-19)18-15(20)9-5-11(21-2)13(23-4)12(6-9)22-3/h5-6,8H,1-4H3,(H,18,20). The zero-order valence-electron chi connectivity index (χ0n) is 13.2. The number of aromatic nitrogens is 2. The van der Waals surface area contributed by atoms with Gasteiger partial charge in [-0.05, 0) is 12.1 Å². The van der Waals surface area contributed by atoms with E-state index in [1.807, 2.05) is 6.07 Å². The largest absolute Gasteiger partial charge is 0.493 e. The van der Waals surface area contributed by atoms with E-state index in [0.717, 1.165) is 0 Å². The number of rotatable bonds is 5. The van der Waals surface area contributed by atoms with Gasteiger partial charge >= 0.3 is 0 Å². The summed E-state index contributed by atoms with van der Waals surface area (Å²) in [7, 11) is 6.04. The Morgan fingerprint density at radius 1 is 1.22 bits per heavy atom. The van der Waals surface area contributed by atoms with Crippen LogP contribution in [-0.4, -0.2) is 37.0 Å². The number of nitrogens with zero attached hydrogens (tertiary/aromatic N) is 3. The minimum atomic E-state index is -0.427. The molecule has 0 fully saturated rings. The molecule has 0 atom stereocenters. The number of carbonyl (C=O) groups is 1. The van der Waals surface area contributed by atoms with E-state index in [0.29, 0.717) is 28.6 Å². The molecule has 1 amide bonds. The average Bonchev–Trinajstić information content (AvgIpc) is 2.93. The van der Waals surface area contributed by atoms with Crippen LogP contribution in [0.4, 0.5) is 5.82 Å². The summed E-state index contributed by atoms with van der Waals surface area (Å²) >= 11 is 0. The molecule has 0 aliphatic heterocycles. The lowest BCUT2D eigenvalue weighted by Crippen LogP contribution is -2.16. The molecule has 120 valence electrons. The molecular weight excluding hydrogens is 300 g/mol. The van der Waals surface area contributed by atoms with Gasteiger partial charge in [-0.1, -0.05) is 0 Å². The number of nitrogens with one attached hydrogen (secondary N) is 1. The molecule has 1 aromatic heterocycles. The fourth-order valence-corrected chi connectivity index (χ4v) is 2.06. The first-order chi connectivity index (χ1) is 11.0. The number of nitriles is 1. The molecule has 0 aliphatic rings. The van der Waals surface area contributed by atoms with Crippen LogP contribution < -0.4 is 19.5 Å². The van der Waals surface area contributed by atoms with Crippen LogP contribution in [-0.2, 0) is 7.05 Å². The normalized spacial score (nSPS) is 9.87. The summed E-state index contributed by atoms with van der Waals surface area (Å²) < 4.78 is 17.1. The van der Waals surface area contributed by atoms with E-state index in [2.05, 4.69) is 10.4 Å². The molecule has 0 saturated carbocycles. The SMILES string of the molecule is COc1cc(C(=O)Nc2c(C#N)cnn2C)cc(OC)c1OC. The van der Waals surface area contributed by atoms with Crippen LogP contribution in [0.25, 0.3) is 0 Å². The molecule has 0 spiro atoms. The number of carbonyl (C=O) groups excluding carboxylic acids is 1. The first kappa shape index (κ1) is 16.2. The molecule has 0 saturated heterocycles. The van der Waals surface area contributed by atoms with Gasteiger partial charge in [-0.25, -0.2) is 0 Å². The molecule has 8 heteroatoms. The molecule has 2 aromatic rings. The molecule has 0 aliphatic carbocycles. The highest BCUT2D eigenvalue weighted by atomic mass is 16.5. The quantitative estimate of drug-likeness (QED) is 0.899. The van der Waals surface area contributed by atoms with E-state index in [1.54, 1.807) is 7.05 Å². The van der Waals surface area contributed by atoms with Crippen molar-refractivity contribution >= 4 is 11.7 Å². The van der Waals surface area contributed by atoms with Crippen LogP contribution in [0.3, 0.4) is 0 Å². The number of aryl methyl sites for hydroxylation is 1. The molecular formula is C15H16N4O4. The van der Waals surface area contributed by atoms with Crippen molar-refractivity contribution in [1.82, 2.24) is 9.78 Å². The maximum absolute atomic E-state index is 12.5. The Labute approximate surface area is 133 Å². The van der Waals surface area contributed by atoms with E-state index in [9.17, 15) is 4.79 Å². The number of ether oxygens (including phenoxy) is 3. The van der Waals surface area contributed by atoms with E-state index in [1.165, 1.54) is 44.3 Å². The van der Waals surface area contributed by atoms with Gasteiger partial charge in [-0.3, -0.25) is 9.48 Å². The van der Waals surface area contributed by atoms with Gasteiger partial charge in [0.05, 0.1) is 27.5 Å². The predicted molar refractivity (Wildman–Crippen MR) is 82.0 cm³/mol. The van der Waals surface area contributed by atoms with E-state index in [4.69, 9.17) is 19.5 Å². The van der Waals surface area contributed by atoms with Crippen molar-refractivity contribution in [2.75, 3.05) is 26.6 Å². The van der Waals surface area contributed by atoms with Crippen LogP contribution >= 0.6 is 0 Å². The van der Waals surface area contributed by atoms with Gasteiger partial charge in [-0.15, -0.1) is 0 Å². The fourth-order valence-electron chi connectivity index (χ4n) is 2.06. The molecule has 23 heavy (non-hydrogen) atoms.